The minimum Gasteiger partial charge on any atom is -0.396 e. The van der Waals surface area contributed by atoms with Gasteiger partial charge in [-0.25, -0.2) is 0 Å². The van der Waals surface area contributed by atoms with Crippen molar-refractivity contribution in [1.29, 1.82) is 0 Å². The summed E-state index contributed by atoms with van der Waals surface area (Å²) in [6.45, 7) is 2.45. The second kappa shape index (κ2) is 4.94. The monoisotopic (exact) mass is 164 g/mol. The molecule has 0 bridgehead atoms. The van der Waals surface area contributed by atoms with Crippen molar-refractivity contribution in [2.75, 3.05) is 6.61 Å². The maximum absolute atomic E-state index is 8.83. The van der Waals surface area contributed by atoms with Gasteiger partial charge in [0, 0.05) is 6.61 Å². The molecule has 0 radical (unpaired) electrons. The zero-order chi connectivity index (χ0) is 8.81. The molecule has 12 heavy (non-hydrogen) atoms. The third-order valence-electron chi connectivity index (χ3n) is 2.24. The lowest BCUT2D eigenvalue weighted by Gasteiger charge is -2.12. The second-order valence-electron chi connectivity index (χ2n) is 3.03. The van der Waals surface area contributed by atoms with Gasteiger partial charge in [0.15, 0.2) is 0 Å². The largest absolute Gasteiger partial charge is 0.396 e. The van der Waals surface area contributed by atoms with Crippen LogP contribution in [-0.4, -0.2) is 11.7 Å². The zero-order valence-corrected chi connectivity index (χ0v) is 7.53. The summed E-state index contributed by atoms with van der Waals surface area (Å²) in [5.74, 6) is 0.524. The van der Waals surface area contributed by atoms with Crippen LogP contribution in [0.4, 0.5) is 0 Å². The molecule has 0 unspecified atom stereocenters. The molecule has 66 valence electrons. The van der Waals surface area contributed by atoms with Crippen LogP contribution in [0.15, 0.2) is 30.3 Å². The molecular formula is C11H16O. The van der Waals surface area contributed by atoms with Crippen LogP contribution in [0.25, 0.3) is 0 Å². The number of hydrogen-bond acceptors (Lipinski definition) is 1. The van der Waals surface area contributed by atoms with Crippen molar-refractivity contribution in [2.24, 2.45) is 0 Å². The zero-order valence-electron chi connectivity index (χ0n) is 7.53. The van der Waals surface area contributed by atoms with E-state index in [0.717, 1.165) is 12.8 Å². The minimum absolute atomic E-state index is 0.285. The first-order valence-electron chi connectivity index (χ1n) is 4.54. The predicted octanol–water partition coefficient (Wildman–Crippen LogP) is 2.56. The van der Waals surface area contributed by atoms with E-state index in [0.29, 0.717) is 5.92 Å². The second-order valence-corrected chi connectivity index (χ2v) is 3.03. The first-order valence-corrected chi connectivity index (χ1v) is 4.54. The molecule has 0 spiro atoms. The quantitative estimate of drug-likeness (QED) is 0.725. The molecule has 1 rings (SSSR count). The van der Waals surface area contributed by atoms with Crippen LogP contribution >= 0.6 is 0 Å². The normalized spacial score (nSPS) is 12.8. The van der Waals surface area contributed by atoms with Crippen LogP contribution in [0.1, 0.15) is 31.2 Å². The van der Waals surface area contributed by atoms with Gasteiger partial charge in [-0.2, -0.15) is 0 Å². The fourth-order valence-corrected chi connectivity index (χ4v) is 1.49. The van der Waals surface area contributed by atoms with Gasteiger partial charge in [0.25, 0.3) is 0 Å². The number of hydrogen-bond donors (Lipinski definition) is 1. The van der Waals surface area contributed by atoms with Gasteiger partial charge in [-0.3, -0.25) is 0 Å². The summed E-state index contributed by atoms with van der Waals surface area (Å²) in [4.78, 5) is 0. The molecule has 1 heteroatoms. The van der Waals surface area contributed by atoms with E-state index < -0.39 is 0 Å². The maximum Gasteiger partial charge on any atom is 0.0436 e. The molecular weight excluding hydrogens is 148 g/mol. The first-order chi connectivity index (χ1) is 5.88. The number of aliphatic hydroxyl groups is 1. The molecule has 1 nitrogen and oxygen atoms in total. The molecule has 0 aromatic heterocycles. The molecule has 0 saturated carbocycles. The summed E-state index contributed by atoms with van der Waals surface area (Å²) in [7, 11) is 0. The Morgan fingerprint density at radius 1 is 1.25 bits per heavy atom. The standard InChI is InChI=1S/C11H16O/c1-2-10(8-9-12)11-6-4-3-5-7-11/h3-7,10,12H,2,8-9H2,1H3/t10-/m0/s1. The summed E-state index contributed by atoms with van der Waals surface area (Å²) in [5, 5.41) is 8.83. The third-order valence-corrected chi connectivity index (χ3v) is 2.24. The number of rotatable bonds is 4. The highest BCUT2D eigenvalue weighted by molar-refractivity contribution is 5.19. The van der Waals surface area contributed by atoms with Crippen LogP contribution < -0.4 is 0 Å². The Morgan fingerprint density at radius 2 is 1.92 bits per heavy atom. The number of aliphatic hydroxyl groups excluding tert-OH is 1. The molecule has 1 aromatic rings. The van der Waals surface area contributed by atoms with E-state index in [1.165, 1.54) is 5.56 Å². The molecule has 0 saturated heterocycles. The molecule has 1 aromatic carbocycles. The topological polar surface area (TPSA) is 20.2 Å². The third kappa shape index (κ3) is 2.35. The lowest BCUT2D eigenvalue weighted by molar-refractivity contribution is 0.274. The van der Waals surface area contributed by atoms with E-state index in [1.807, 2.05) is 6.07 Å². The van der Waals surface area contributed by atoms with E-state index in [-0.39, 0.29) is 6.61 Å². The van der Waals surface area contributed by atoms with E-state index in [9.17, 15) is 0 Å². The van der Waals surface area contributed by atoms with E-state index in [4.69, 9.17) is 5.11 Å². The molecule has 1 atom stereocenters. The van der Waals surface area contributed by atoms with Crippen molar-refractivity contribution in [3.05, 3.63) is 35.9 Å². The number of benzene rings is 1. The Balaban J connectivity index is 2.66. The van der Waals surface area contributed by atoms with Crippen LogP contribution in [-0.2, 0) is 0 Å². The highest BCUT2D eigenvalue weighted by Gasteiger charge is 2.06. The van der Waals surface area contributed by atoms with Crippen molar-refractivity contribution in [2.45, 2.75) is 25.7 Å². The minimum atomic E-state index is 0.285. The van der Waals surface area contributed by atoms with Crippen LogP contribution in [0.5, 0.6) is 0 Å². The molecule has 0 aliphatic heterocycles. The smallest absolute Gasteiger partial charge is 0.0436 e. The van der Waals surface area contributed by atoms with Gasteiger partial charge in [0.2, 0.25) is 0 Å². The van der Waals surface area contributed by atoms with Crippen molar-refractivity contribution in [3.8, 4) is 0 Å². The van der Waals surface area contributed by atoms with Crippen LogP contribution in [0.3, 0.4) is 0 Å². The van der Waals surface area contributed by atoms with Crippen molar-refractivity contribution >= 4 is 0 Å². The molecule has 0 aliphatic carbocycles. The SMILES string of the molecule is CC[C@@H](CCO)c1ccccc1. The molecule has 0 amide bonds. The molecule has 0 fully saturated rings. The Kier molecular flexibility index (Phi) is 3.81. The predicted molar refractivity (Wildman–Crippen MR) is 51.2 cm³/mol. The highest BCUT2D eigenvalue weighted by atomic mass is 16.3. The van der Waals surface area contributed by atoms with Crippen LogP contribution in [0.2, 0.25) is 0 Å². The van der Waals surface area contributed by atoms with Gasteiger partial charge in [0.05, 0.1) is 0 Å². The lowest BCUT2D eigenvalue weighted by atomic mass is 9.94. The molecule has 0 aliphatic rings. The summed E-state index contributed by atoms with van der Waals surface area (Å²) in [6.07, 6.45) is 1.98. The van der Waals surface area contributed by atoms with Crippen molar-refractivity contribution in [3.63, 3.8) is 0 Å². The molecule has 1 N–H and O–H groups in total. The summed E-state index contributed by atoms with van der Waals surface area (Å²) in [6, 6.07) is 10.4. The van der Waals surface area contributed by atoms with Crippen molar-refractivity contribution in [1.82, 2.24) is 0 Å². The van der Waals surface area contributed by atoms with Crippen LogP contribution in [0, 0.1) is 0 Å². The Bertz CT molecular complexity index is 206. The van der Waals surface area contributed by atoms with E-state index in [2.05, 4.69) is 31.2 Å². The fourth-order valence-electron chi connectivity index (χ4n) is 1.49. The molecule has 0 heterocycles. The van der Waals surface area contributed by atoms with Gasteiger partial charge in [-0.15, -0.1) is 0 Å². The first kappa shape index (κ1) is 9.27. The van der Waals surface area contributed by atoms with Gasteiger partial charge < -0.3 is 5.11 Å². The summed E-state index contributed by atoms with van der Waals surface area (Å²) in [5.41, 5.74) is 1.34. The Morgan fingerprint density at radius 3 is 2.42 bits per heavy atom. The Labute approximate surface area is 74.1 Å². The summed E-state index contributed by atoms with van der Waals surface area (Å²) >= 11 is 0. The van der Waals surface area contributed by atoms with E-state index in [1.54, 1.807) is 0 Å². The fraction of sp³-hybridized carbons (Fsp3) is 0.455. The lowest BCUT2D eigenvalue weighted by Crippen LogP contribution is -1.99. The average molecular weight is 164 g/mol. The maximum atomic E-state index is 8.83. The van der Waals surface area contributed by atoms with Crippen molar-refractivity contribution < 1.29 is 5.11 Å². The Hall–Kier alpha value is -0.820. The van der Waals surface area contributed by atoms with Gasteiger partial charge in [0.1, 0.15) is 0 Å². The highest BCUT2D eigenvalue weighted by Crippen LogP contribution is 2.21. The van der Waals surface area contributed by atoms with Gasteiger partial charge in [-0.1, -0.05) is 37.3 Å². The van der Waals surface area contributed by atoms with Gasteiger partial charge in [-0.05, 0) is 24.3 Å². The summed E-state index contributed by atoms with van der Waals surface area (Å²) < 4.78 is 0. The average Bonchev–Trinajstić information content (AvgIpc) is 2.15. The van der Waals surface area contributed by atoms with Gasteiger partial charge >= 0.3 is 0 Å². The van der Waals surface area contributed by atoms with E-state index >= 15 is 0 Å².